The molecule has 1 unspecified atom stereocenters. The molecule has 0 spiro atoms. The van der Waals surface area contributed by atoms with Crippen LogP contribution in [0.25, 0.3) is 5.52 Å². The number of carbonyl (C=O) groups is 1. The molecule has 158 valence electrons. The van der Waals surface area contributed by atoms with Gasteiger partial charge in [-0.2, -0.15) is 5.10 Å². The molecule has 4 rings (SSSR count). The van der Waals surface area contributed by atoms with Gasteiger partial charge in [-0.3, -0.25) is 14.6 Å². The Labute approximate surface area is 169 Å². The zero-order valence-corrected chi connectivity index (χ0v) is 17.0. The molecule has 0 saturated carbocycles. The molecule has 4 heterocycles. The van der Waals surface area contributed by atoms with E-state index in [1.54, 1.807) is 29.5 Å². The molecule has 2 aromatic heterocycles. The van der Waals surface area contributed by atoms with E-state index in [9.17, 15) is 14.3 Å². The van der Waals surface area contributed by atoms with E-state index < -0.39 is 12.0 Å². The Bertz CT molecular complexity index is 871. The summed E-state index contributed by atoms with van der Waals surface area (Å²) in [5, 5.41) is 17.1. The van der Waals surface area contributed by atoms with E-state index in [0.717, 1.165) is 49.5 Å². The first kappa shape index (κ1) is 20.1. The number of rotatable bonds is 5. The van der Waals surface area contributed by atoms with Gasteiger partial charge in [-0.15, -0.1) is 0 Å². The second-order valence-corrected chi connectivity index (χ2v) is 8.55. The zero-order valence-electron chi connectivity index (χ0n) is 17.0. The van der Waals surface area contributed by atoms with Crippen LogP contribution in [0.2, 0.25) is 0 Å². The van der Waals surface area contributed by atoms with Crippen molar-refractivity contribution < 1.29 is 14.3 Å². The lowest BCUT2D eigenvalue weighted by molar-refractivity contribution is -0.125. The van der Waals surface area contributed by atoms with Crippen molar-refractivity contribution in [1.82, 2.24) is 24.7 Å². The zero-order chi connectivity index (χ0) is 20.6. The fraction of sp³-hybridized carbons (Fsp3) is 0.600. The standard InChI is InChI=1S/C20H29FN6O2/c1-20(2,21)14-25-9-7-24(8-10-25)13-15-3-6-27-16(11-15)17(12-22-27)26-5-4-18(28)23-19(26)29/h3,6,11-12,19,29H,4-5,7-10,13-14H2,1-2H3,(H,23,28). The number of nitrogens with one attached hydrogen (secondary N) is 1. The normalized spacial score (nSPS) is 22.3. The van der Waals surface area contributed by atoms with Crippen LogP contribution in [0.5, 0.6) is 0 Å². The molecule has 9 heteroatoms. The fourth-order valence-electron chi connectivity index (χ4n) is 4.12. The number of nitrogens with zero attached hydrogens (tertiary/aromatic N) is 5. The van der Waals surface area contributed by atoms with Crippen LogP contribution in [0.15, 0.2) is 24.5 Å². The summed E-state index contributed by atoms with van der Waals surface area (Å²) in [5.74, 6) is -0.152. The molecule has 2 aromatic rings. The van der Waals surface area contributed by atoms with E-state index in [1.807, 2.05) is 6.20 Å². The molecular weight excluding hydrogens is 375 g/mol. The number of amides is 1. The highest BCUT2D eigenvalue weighted by molar-refractivity contribution is 5.81. The van der Waals surface area contributed by atoms with Gasteiger partial charge in [0, 0.05) is 58.4 Å². The maximum atomic E-state index is 13.9. The molecule has 29 heavy (non-hydrogen) atoms. The highest BCUT2D eigenvalue weighted by Crippen LogP contribution is 2.25. The summed E-state index contributed by atoms with van der Waals surface area (Å²) < 4.78 is 15.6. The summed E-state index contributed by atoms with van der Waals surface area (Å²) in [4.78, 5) is 17.8. The van der Waals surface area contributed by atoms with E-state index in [-0.39, 0.29) is 5.91 Å². The van der Waals surface area contributed by atoms with Gasteiger partial charge in [-0.05, 0) is 31.5 Å². The topological polar surface area (TPSA) is 76.4 Å². The molecular formula is C20H29FN6O2. The first-order valence-corrected chi connectivity index (χ1v) is 10.1. The summed E-state index contributed by atoms with van der Waals surface area (Å²) in [7, 11) is 0. The monoisotopic (exact) mass is 404 g/mol. The van der Waals surface area contributed by atoms with Gasteiger partial charge >= 0.3 is 0 Å². The van der Waals surface area contributed by atoms with Gasteiger partial charge in [0.05, 0.1) is 17.4 Å². The van der Waals surface area contributed by atoms with Crippen LogP contribution in [0, 0.1) is 0 Å². The van der Waals surface area contributed by atoms with Crippen molar-refractivity contribution in [2.75, 3.05) is 44.2 Å². The first-order chi connectivity index (χ1) is 13.8. The Morgan fingerprint density at radius 3 is 2.66 bits per heavy atom. The summed E-state index contributed by atoms with van der Waals surface area (Å²) in [6, 6.07) is 4.14. The number of aliphatic hydroxyl groups is 1. The minimum absolute atomic E-state index is 0.152. The smallest absolute Gasteiger partial charge is 0.225 e. The SMILES string of the molecule is CC(C)(F)CN1CCN(Cc2ccn3ncc(N4CCC(=O)NC4O)c3c2)CC1. The van der Waals surface area contributed by atoms with Crippen LogP contribution in [-0.4, -0.2) is 81.7 Å². The maximum absolute atomic E-state index is 13.9. The molecule has 2 saturated heterocycles. The van der Waals surface area contributed by atoms with Crippen molar-refractivity contribution in [2.24, 2.45) is 0 Å². The number of hydrogen-bond donors (Lipinski definition) is 2. The van der Waals surface area contributed by atoms with Crippen LogP contribution < -0.4 is 10.2 Å². The molecule has 2 aliphatic rings. The lowest BCUT2D eigenvalue weighted by Crippen LogP contribution is -2.54. The maximum Gasteiger partial charge on any atom is 0.225 e. The first-order valence-electron chi connectivity index (χ1n) is 10.1. The summed E-state index contributed by atoms with van der Waals surface area (Å²) in [6.07, 6.45) is 2.94. The number of piperazine rings is 1. The van der Waals surface area contributed by atoms with Crippen molar-refractivity contribution in [2.45, 2.75) is 38.8 Å². The Morgan fingerprint density at radius 1 is 1.24 bits per heavy atom. The van der Waals surface area contributed by atoms with Gasteiger partial charge in [-0.1, -0.05) is 0 Å². The van der Waals surface area contributed by atoms with Crippen LogP contribution in [0.3, 0.4) is 0 Å². The van der Waals surface area contributed by atoms with Crippen molar-refractivity contribution in [1.29, 1.82) is 0 Å². The molecule has 8 nitrogen and oxygen atoms in total. The van der Waals surface area contributed by atoms with E-state index >= 15 is 0 Å². The molecule has 1 amide bonds. The predicted octanol–water partition coefficient (Wildman–Crippen LogP) is 0.802. The fourth-order valence-corrected chi connectivity index (χ4v) is 4.12. The van der Waals surface area contributed by atoms with Gasteiger partial charge in [0.2, 0.25) is 12.3 Å². The lowest BCUT2D eigenvalue weighted by Gasteiger charge is -2.36. The Morgan fingerprint density at radius 2 is 1.97 bits per heavy atom. The molecule has 1 atom stereocenters. The molecule has 2 aliphatic heterocycles. The number of pyridine rings is 1. The van der Waals surface area contributed by atoms with Crippen LogP contribution >= 0.6 is 0 Å². The second kappa shape index (κ2) is 7.89. The number of alkyl halides is 1. The summed E-state index contributed by atoms with van der Waals surface area (Å²) in [6.45, 7) is 8.54. The summed E-state index contributed by atoms with van der Waals surface area (Å²) >= 11 is 0. The number of anilines is 1. The van der Waals surface area contributed by atoms with Gasteiger partial charge < -0.3 is 15.3 Å². The van der Waals surface area contributed by atoms with Gasteiger partial charge in [0.1, 0.15) is 5.67 Å². The second-order valence-electron chi connectivity index (χ2n) is 8.55. The van der Waals surface area contributed by atoms with Crippen molar-refractivity contribution in [3.8, 4) is 0 Å². The third kappa shape index (κ3) is 4.68. The van der Waals surface area contributed by atoms with E-state index in [0.29, 0.717) is 19.5 Å². The number of fused-ring (bicyclic) bond motifs is 1. The number of carbonyl (C=O) groups excluding carboxylic acids is 1. The molecule has 2 fully saturated rings. The minimum Gasteiger partial charge on any atom is -0.356 e. The quantitative estimate of drug-likeness (QED) is 0.768. The minimum atomic E-state index is -1.16. The number of aromatic nitrogens is 2. The highest BCUT2D eigenvalue weighted by Gasteiger charge is 2.27. The van der Waals surface area contributed by atoms with E-state index in [1.165, 1.54) is 0 Å². The van der Waals surface area contributed by atoms with Crippen LogP contribution in [-0.2, 0) is 11.3 Å². The highest BCUT2D eigenvalue weighted by atomic mass is 19.1. The Balaban J connectivity index is 1.44. The van der Waals surface area contributed by atoms with Crippen molar-refractivity contribution in [3.05, 3.63) is 30.1 Å². The average Bonchev–Trinajstić information content (AvgIpc) is 3.05. The summed E-state index contributed by atoms with van der Waals surface area (Å²) in [5.41, 5.74) is 1.70. The third-order valence-electron chi connectivity index (χ3n) is 5.51. The van der Waals surface area contributed by atoms with Gasteiger partial charge in [-0.25, -0.2) is 8.91 Å². The predicted molar refractivity (Wildman–Crippen MR) is 108 cm³/mol. The Kier molecular flexibility index (Phi) is 5.46. The Hall–Kier alpha value is -2.23. The average molecular weight is 404 g/mol. The van der Waals surface area contributed by atoms with Crippen molar-refractivity contribution in [3.63, 3.8) is 0 Å². The number of halogens is 1. The number of hydrogen-bond acceptors (Lipinski definition) is 6. The molecule has 0 radical (unpaired) electrons. The van der Waals surface area contributed by atoms with Crippen LogP contribution in [0.1, 0.15) is 25.8 Å². The van der Waals surface area contributed by atoms with Crippen molar-refractivity contribution >= 4 is 17.1 Å². The van der Waals surface area contributed by atoms with Crippen LogP contribution in [0.4, 0.5) is 10.1 Å². The van der Waals surface area contributed by atoms with Gasteiger partial charge in [0.25, 0.3) is 0 Å². The third-order valence-corrected chi connectivity index (χ3v) is 5.51. The molecule has 0 aromatic carbocycles. The lowest BCUT2D eigenvalue weighted by atomic mass is 10.1. The molecule has 2 N–H and O–H groups in total. The number of aliphatic hydroxyl groups excluding tert-OH is 1. The largest absolute Gasteiger partial charge is 0.356 e. The van der Waals surface area contributed by atoms with E-state index in [2.05, 4.69) is 32.3 Å². The molecule has 0 aliphatic carbocycles. The van der Waals surface area contributed by atoms with Gasteiger partial charge in [0.15, 0.2) is 0 Å². The molecule has 0 bridgehead atoms. The van der Waals surface area contributed by atoms with E-state index in [4.69, 9.17) is 0 Å².